The van der Waals surface area contributed by atoms with Gasteiger partial charge in [0.15, 0.2) is 6.61 Å². The van der Waals surface area contributed by atoms with Crippen LogP contribution in [-0.4, -0.2) is 23.9 Å². The van der Waals surface area contributed by atoms with Gasteiger partial charge in [-0.15, -0.1) is 0 Å². The number of nitrogens with one attached hydrogen (secondary N) is 1. The molecular formula is C19H23N3O3. The molecule has 1 heterocycles. The number of methoxy groups -OCH3 is 1. The summed E-state index contributed by atoms with van der Waals surface area (Å²) < 4.78 is 4.59. The standard InChI is InChI=1S/C19H23N3O3/c1-13-8-9-16(10-17(13)11-20-19(23)24-4)15(3)22-25-12-18-7-5-6-14(2)21-18/h5-10H,11-12H2,1-4H3,(H,20,23). The molecule has 0 radical (unpaired) electrons. The molecule has 0 saturated carbocycles. The fraction of sp³-hybridized carbons (Fsp3) is 0.316. The average Bonchev–Trinajstić information content (AvgIpc) is 2.60. The van der Waals surface area contributed by atoms with Crippen molar-refractivity contribution in [1.29, 1.82) is 0 Å². The zero-order valence-corrected chi connectivity index (χ0v) is 15.0. The number of aryl methyl sites for hydroxylation is 2. The van der Waals surface area contributed by atoms with Gasteiger partial charge in [-0.3, -0.25) is 4.98 Å². The van der Waals surface area contributed by atoms with Gasteiger partial charge in [0.25, 0.3) is 0 Å². The Morgan fingerprint density at radius 1 is 1.24 bits per heavy atom. The van der Waals surface area contributed by atoms with Gasteiger partial charge >= 0.3 is 6.09 Å². The smallest absolute Gasteiger partial charge is 0.407 e. The van der Waals surface area contributed by atoms with E-state index in [1.165, 1.54) is 7.11 Å². The SMILES string of the molecule is COC(=O)NCc1cc(C(C)=NOCc2cccc(C)n2)ccc1C. The number of rotatable bonds is 6. The fourth-order valence-corrected chi connectivity index (χ4v) is 2.25. The molecule has 0 atom stereocenters. The minimum absolute atomic E-state index is 0.321. The second-order valence-electron chi connectivity index (χ2n) is 5.71. The van der Waals surface area contributed by atoms with Crippen LogP contribution in [0.1, 0.15) is 35.0 Å². The van der Waals surface area contributed by atoms with Crippen LogP contribution in [0.5, 0.6) is 0 Å². The van der Waals surface area contributed by atoms with Gasteiger partial charge in [0.1, 0.15) is 0 Å². The number of amides is 1. The molecule has 6 heteroatoms. The van der Waals surface area contributed by atoms with Gasteiger partial charge in [-0.25, -0.2) is 4.79 Å². The summed E-state index contributed by atoms with van der Waals surface area (Å²) in [5.41, 5.74) is 5.55. The molecule has 1 N–H and O–H groups in total. The molecule has 25 heavy (non-hydrogen) atoms. The van der Waals surface area contributed by atoms with Crippen molar-refractivity contribution in [2.24, 2.45) is 5.16 Å². The highest BCUT2D eigenvalue weighted by molar-refractivity contribution is 5.98. The summed E-state index contributed by atoms with van der Waals surface area (Å²) in [5, 5.41) is 6.85. The number of carbonyl (C=O) groups excluding carboxylic acids is 1. The second-order valence-corrected chi connectivity index (χ2v) is 5.71. The molecule has 0 saturated heterocycles. The molecule has 0 aliphatic carbocycles. The summed E-state index contributed by atoms with van der Waals surface area (Å²) in [6.07, 6.45) is -0.454. The molecule has 0 fully saturated rings. The van der Waals surface area contributed by atoms with Crippen LogP contribution in [0, 0.1) is 13.8 Å². The Hall–Kier alpha value is -2.89. The molecule has 1 aromatic heterocycles. The molecule has 2 aromatic rings. The lowest BCUT2D eigenvalue weighted by molar-refractivity contribution is 0.127. The first-order valence-electron chi connectivity index (χ1n) is 8.00. The Labute approximate surface area is 147 Å². The molecule has 0 unspecified atom stereocenters. The van der Waals surface area contributed by atoms with Gasteiger partial charge in [0.05, 0.1) is 18.5 Å². The summed E-state index contributed by atoms with van der Waals surface area (Å²) in [5.74, 6) is 0. The second kappa shape index (κ2) is 8.82. The van der Waals surface area contributed by atoms with Crippen molar-refractivity contribution in [3.63, 3.8) is 0 Å². The van der Waals surface area contributed by atoms with E-state index in [9.17, 15) is 4.79 Å². The van der Waals surface area contributed by atoms with Crippen molar-refractivity contribution in [3.05, 3.63) is 64.5 Å². The number of hydrogen-bond acceptors (Lipinski definition) is 5. The van der Waals surface area contributed by atoms with Gasteiger partial charge < -0.3 is 14.9 Å². The molecule has 132 valence electrons. The van der Waals surface area contributed by atoms with Crippen LogP contribution in [0.25, 0.3) is 0 Å². The maximum atomic E-state index is 11.2. The van der Waals surface area contributed by atoms with Crippen LogP contribution in [0.4, 0.5) is 4.79 Å². The van der Waals surface area contributed by atoms with Crippen LogP contribution >= 0.6 is 0 Å². The van der Waals surface area contributed by atoms with Crippen molar-refractivity contribution < 1.29 is 14.4 Å². The lowest BCUT2D eigenvalue weighted by Gasteiger charge is -2.10. The van der Waals surface area contributed by atoms with Crippen LogP contribution in [-0.2, 0) is 22.7 Å². The summed E-state index contributed by atoms with van der Waals surface area (Å²) in [7, 11) is 1.34. The molecule has 0 aliphatic heterocycles. The van der Waals surface area contributed by atoms with Crippen LogP contribution in [0.15, 0.2) is 41.6 Å². The van der Waals surface area contributed by atoms with Crippen molar-refractivity contribution in [2.75, 3.05) is 7.11 Å². The van der Waals surface area contributed by atoms with E-state index in [1.807, 2.05) is 57.2 Å². The third-order valence-electron chi connectivity index (χ3n) is 3.74. The molecule has 1 aromatic carbocycles. The number of nitrogens with zero attached hydrogens (tertiary/aromatic N) is 2. The van der Waals surface area contributed by atoms with Crippen LogP contribution in [0.2, 0.25) is 0 Å². The van der Waals surface area contributed by atoms with E-state index in [0.717, 1.165) is 33.8 Å². The van der Waals surface area contributed by atoms with Crippen molar-refractivity contribution in [3.8, 4) is 0 Å². The number of aromatic nitrogens is 1. The van der Waals surface area contributed by atoms with E-state index in [0.29, 0.717) is 13.2 Å². The number of hydrogen-bond donors (Lipinski definition) is 1. The van der Waals surface area contributed by atoms with E-state index in [4.69, 9.17) is 4.84 Å². The first-order valence-corrected chi connectivity index (χ1v) is 8.00. The van der Waals surface area contributed by atoms with Gasteiger partial charge in [0.2, 0.25) is 0 Å². The van der Waals surface area contributed by atoms with Gasteiger partial charge in [-0.05, 0) is 55.7 Å². The summed E-state index contributed by atoms with van der Waals surface area (Å²) in [6.45, 7) is 6.53. The molecule has 0 bridgehead atoms. The van der Waals surface area contributed by atoms with E-state index in [-0.39, 0.29) is 0 Å². The number of oxime groups is 1. The average molecular weight is 341 g/mol. The van der Waals surface area contributed by atoms with Crippen molar-refractivity contribution in [1.82, 2.24) is 10.3 Å². The van der Waals surface area contributed by atoms with Crippen molar-refractivity contribution >= 4 is 11.8 Å². The quantitative estimate of drug-likeness (QED) is 0.645. The zero-order chi connectivity index (χ0) is 18.2. The third kappa shape index (κ3) is 5.60. The molecule has 6 nitrogen and oxygen atoms in total. The summed E-state index contributed by atoms with van der Waals surface area (Å²) >= 11 is 0. The number of alkyl carbamates (subject to hydrolysis) is 1. The predicted octanol–water partition coefficient (Wildman–Crippen LogP) is 3.50. The first kappa shape index (κ1) is 18.4. The van der Waals surface area contributed by atoms with Gasteiger partial charge in [0, 0.05) is 12.2 Å². The zero-order valence-electron chi connectivity index (χ0n) is 15.0. The topological polar surface area (TPSA) is 72.8 Å². The number of benzene rings is 1. The highest BCUT2D eigenvalue weighted by Crippen LogP contribution is 2.13. The lowest BCUT2D eigenvalue weighted by atomic mass is 10.0. The Kier molecular flexibility index (Phi) is 6.51. The van der Waals surface area contributed by atoms with E-state index in [2.05, 4.69) is 20.2 Å². The third-order valence-corrected chi connectivity index (χ3v) is 3.74. The molecule has 0 spiro atoms. The summed E-state index contributed by atoms with van der Waals surface area (Å²) in [6, 6.07) is 11.7. The molecular weight excluding hydrogens is 318 g/mol. The minimum Gasteiger partial charge on any atom is -0.453 e. The van der Waals surface area contributed by atoms with Crippen molar-refractivity contribution in [2.45, 2.75) is 33.9 Å². The number of pyridine rings is 1. The van der Waals surface area contributed by atoms with Gasteiger partial charge in [-0.1, -0.05) is 23.4 Å². The highest BCUT2D eigenvalue weighted by atomic mass is 16.6. The minimum atomic E-state index is -0.454. The normalized spacial score (nSPS) is 11.1. The van der Waals surface area contributed by atoms with E-state index in [1.54, 1.807) is 0 Å². The Bertz CT molecular complexity index is 772. The van der Waals surface area contributed by atoms with Gasteiger partial charge in [-0.2, -0.15) is 0 Å². The first-order chi connectivity index (χ1) is 12.0. The molecule has 1 amide bonds. The number of carbonyl (C=O) groups is 1. The molecule has 2 rings (SSSR count). The van der Waals surface area contributed by atoms with Crippen LogP contribution < -0.4 is 5.32 Å². The summed E-state index contributed by atoms with van der Waals surface area (Å²) in [4.78, 5) is 21.0. The Morgan fingerprint density at radius 3 is 2.76 bits per heavy atom. The fourth-order valence-electron chi connectivity index (χ4n) is 2.25. The number of ether oxygens (including phenoxy) is 1. The molecule has 0 aliphatic rings. The monoisotopic (exact) mass is 341 g/mol. The Balaban J connectivity index is 2.02. The van der Waals surface area contributed by atoms with Crippen LogP contribution in [0.3, 0.4) is 0 Å². The van der Waals surface area contributed by atoms with E-state index < -0.39 is 6.09 Å². The maximum absolute atomic E-state index is 11.2. The largest absolute Gasteiger partial charge is 0.453 e. The lowest BCUT2D eigenvalue weighted by Crippen LogP contribution is -2.22. The predicted molar refractivity (Wildman–Crippen MR) is 96.4 cm³/mol. The Morgan fingerprint density at radius 2 is 2.04 bits per heavy atom. The van der Waals surface area contributed by atoms with E-state index >= 15 is 0 Å². The highest BCUT2D eigenvalue weighted by Gasteiger charge is 2.06. The maximum Gasteiger partial charge on any atom is 0.407 e.